The summed E-state index contributed by atoms with van der Waals surface area (Å²) in [7, 11) is 0. The normalized spacial score (nSPS) is 20.8. The van der Waals surface area contributed by atoms with E-state index in [1.165, 1.54) is 11.3 Å². The number of nitrogens with zero attached hydrogens (tertiary/aromatic N) is 3. The maximum absolute atomic E-state index is 13.0. The van der Waals surface area contributed by atoms with Gasteiger partial charge in [0.05, 0.1) is 4.88 Å². The zero-order valence-electron chi connectivity index (χ0n) is 18.3. The number of carboxylic acid groups (broad SMARTS) is 1. The molecule has 1 aromatic carbocycles. The van der Waals surface area contributed by atoms with Gasteiger partial charge in [-0.2, -0.15) is 13.2 Å². The molecule has 3 N–H and O–H groups in total. The van der Waals surface area contributed by atoms with Gasteiger partial charge in [0.25, 0.3) is 0 Å². The van der Waals surface area contributed by atoms with Gasteiger partial charge in [-0.05, 0) is 67.9 Å². The summed E-state index contributed by atoms with van der Waals surface area (Å²) in [5.41, 5.74) is 0.0685. The second-order valence-electron chi connectivity index (χ2n) is 8.58. The summed E-state index contributed by atoms with van der Waals surface area (Å²) in [6.07, 6.45) is 0.394. The molecule has 0 aliphatic heterocycles. The Balaban J connectivity index is 1.53. The molecule has 7 nitrogen and oxygen atoms in total. The number of carboxylic acids is 1. The zero-order chi connectivity index (χ0) is 24.5. The molecule has 0 spiro atoms. The number of hydrogen-bond acceptors (Lipinski definition) is 7. The average Bonchev–Trinajstić information content (AvgIpc) is 3.26. The van der Waals surface area contributed by atoms with Crippen molar-refractivity contribution in [2.24, 2.45) is 5.92 Å². The van der Waals surface area contributed by atoms with Crippen LogP contribution in [0.3, 0.4) is 0 Å². The predicted octanol–water partition coefficient (Wildman–Crippen LogP) is 5.52. The van der Waals surface area contributed by atoms with Crippen molar-refractivity contribution in [2.45, 2.75) is 50.8 Å². The van der Waals surface area contributed by atoms with Crippen LogP contribution < -0.4 is 5.32 Å². The second-order valence-corrected chi connectivity index (χ2v) is 9.61. The fraction of sp³-hybridized carbons (Fsp3) is 0.391. The van der Waals surface area contributed by atoms with Crippen LogP contribution in [0.5, 0.6) is 0 Å². The molecule has 1 saturated carbocycles. The molecule has 34 heavy (non-hydrogen) atoms. The van der Waals surface area contributed by atoms with Crippen molar-refractivity contribution in [3.05, 3.63) is 52.9 Å². The van der Waals surface area contributed by atoms with Crippen LogP contribution in [0.25, 0.3) is 10.4 Å². The summed E-state index contributed by atoms with van der Waals surface area (Å²) in [5, 5.41) is 23.5. The van der Waals surface area contributed by atoms with Gasteiger partial charge in [0.1, 0.15) is 16.3 Å². The first kappa shape index (κ1) is 24.1. The molecule has 4 rings (SSSR count). The van der Waals surface area contributed by atoms with E-state index in [9.17, 15) is 23.1 Å². The van der Waals surface area contributed by atoms with Crippen molar-refractivity contribution in [1.82, 2.24) is 15.0 Å². The van der Waals surface area contributed by atoms with E-state index in [0.29, 0.717) is 36.4 Å². The minimum absolute atomic E-state index is 0.0562. The number of alkyl halides is 3. The van der Waals surface area contributed by atoms with Gasteiger partial charge in [0, 0.05) is 24.5 Å². The number of aliphatic hydroxyl groups is 1. The molecule has 0 amide bonds. The number of nitrogens with one attached hydrogen (secondary N) is 1. The van der Waals surface area contributed by atoms with E-state index in [0.717, 1.165) is 28.3 Å². The quantitative estimate of drug-likeness (QED) is 0.416. The highest BCUT2D eigenvalue weighted by atomic mass is 32.1. The topological polar surface area (TPSA) is 108 Å². The third kappa shape index (κ3) is 5.53. The van der Waals surface area contributed by atoms with Crippen LogP contribution >= 0.6 is 11.3 Å². The SMILES string of the molecule is Cc1cc(Nc2nccc(C(F)(F)F)n2)cc(-c2cnc(C3(O)CCC(CC(=O)O)CC3)s2)c1. The Hall–Kier alpha value is -3.05. The first-order chi connectivity index (χ1) is 16.0. The number of anilines is 2. The Morgan fingerprint density at radius 3 is 2.65 bits per heavy atom. The maximum Gasteiger partial charge on any atom is 0.433 e. The molecule has 1 fully saturated rings. The van der Waals surface area contributed by atoms with Gasteiger partial charge in [-0.15, -0.1) is 11.3 Å². The lowest BCUT2D eigenvalue weighted by Gasteiger charge is -2.34. The Labute approximate surface area is 197 Å². The lowest BCUT2D eigenvalue weighted by Crippen LogP contribution is -2.32. The van der Waals surface area contributed by atoms with E-state index in [-0.39, 0.29) is 18.3 Å². The smallest absolute Gasteiger partial charge is 0.433 e. The predicted molar refractivity (Wildman–Crippen MR) is 121 cm³/mol. The summed E-state index contributed by atoms with van der Waals surface area (Å²) in [6, 6.07) is 6.27. The molecule has 2 heterocycles. The minimum Gasteiger partial charge on any atom is -0.481 e. The van der Waals surface area contributed by atoms with E-state index in [4.69, 9.17) is 5.11 Å². The average molecular weight is 493 g/mol. The maximum atomic E-state index is 13.0. The van der Waals surface area contributed by atoms with E-state index in [2.05, 4.69) is 20.3 Å². The monoisotopic (exact) mass is 492 g/mol. The van der Waals surface area contributed by atoms with Gasteiger partial charge < -0.3 is 15.5 Å². The molecule has 0 bridgehead atoms. The number of aryl methyl sites for hydroxylation is 1. The van der Waals surface area contributed by atoms with Crippen molar-refractivity contribution < 1.29 is 28.2 Å². The highest BCUT2D eigenvalue weighted by molar-refractivity contribution is 7.15. The van der Waals surface area contributed by atoms with Crippen LogP contribution in [0.15, 0.2) is 36.7 Å². The van der Waals surface area contributed by atoms with Gasteiger partial charge in [0.15, 0.2) is 0 Å². The van der Waals surface area contributed by atoms with Crippen molar-refractivity contribution >= 4 is 28.9 Å². The molecular weight excluding hydrogens is 469 g/mol. The van der Waals surface area contributed by atoms with Crippen molar-refractivity contribution in [2.75, 3.05) is 5.32 Å². The van der Waals surface area contributed by atoms with Crippen molar-refractivity contribution in [1.29, 1.82) is 0 Å². The number of thiazole rings is 1. The van der Waals surface area contributed by atoms with Crippen LogP contribution in [-0.2, 0) is 16.6 Å². The Morgan fingerprint density at radius 2 is 1.97 bits per heavy atom. The number of hydrogen-bond donors (Lipinski definition) is 3. The lowest BCUT2D eigenvalue weighted by molar-refractivity contribution is -0.141. The molecule has 0 radical (unpaired) electrons. The molecule has 2 aromatic heterocycles. The highest BCUT2D eigenvalue weighted by Gasteiger charge is 2.38. The first-order valence-corrected chi connectivity index (χ1v) is 11.5. The number of rotatable bonds is 6. The lowest BCUT2D eigenvalue weighted by atomic mass is 9.78. The van der Waals surface area contributed by atoms with E-state index >= 15 is 0 Å². The van der Waals surface area contributed by atoms with Crippen LogP contribution in [0.4, 0.5) is 24.8 Å². The molecule has 0 atom stereocenters. The second kappa shape index (κ2) is 9.30. The number of benzene rings is 1. The number of carbonyl (C=O) groups is 1. The Kier molecular flexibility index (Phi) is 6.59. The standard InChI is InChI=1S/C23H23F3N4O3S/c1-13-8-15(11-16(9-13)29-21-27-7-4-18(30-21)23(24,25)26)17-12-28-20(34-17)22(33)5-2-14(3-6-22)10-19(31)32/h4,7-9,11-12,14,33H,2-3,5-6,10H2,1H3,(H,31,32)(H,27,29,30). The fourth-order valence-electron chi connectivity index (χ4n) is 4.15. The van der Waals surface area contributed by atoms with Gasteiger partial charge in [-0.3, -0.25) is 4.79 Å². The Morgan fingerprint density at radius 1 is 1.24 bits per heavy atom. The molecule has 180 valence electrons. The summed E-state index contributed by atoms with van der Waals surface area (Å²) < 4.78 is 38.9. The van der Waals surface area contributed by atoms with E-state index in [1.54, 1.807) is 18.3 Å². The molecule has 3 aromatic rings. The molecule has 1 aliphatic rings. The van der Waals surface area contributed by atoms with E-state index < -0.39 is 23.4 Å². The number of aromatic nitrogens is 3. The first-order valence-electron chi connectivity index (χ1n) is 10.7. The number of aliphatic carboxylic acids is 1. The van der Waals surface area contributed by atoms with Gasteiger partial charge in [-0.25, -0.2) is 15.0 Å². The minimum atomic E-state index is -4.57. The fourth-order valence-corrected chi connectivity index (χ4v) is 5.20. The third-order valence-electron chi connectivity index (χ3n) is 5.86. The van der Waals surface area contributed by atoms with Crippen molar-refractivity contribution in [3.63, 3.8) is 0 Å². The van der Waals surface area contributed by atoms with E-state index in [1.807, 2.05) is 13.0 Å². The van der Waals surface area contributed by atoms with Gasteiger partial charge in [-0.1, -0.05) is 6.07 Å². The van der Waals surface area contributed by atoms with Crippen LogP contribution in [0.1, 0.15) is 48.4 Å². The molecule has 11 heteroatoms. The van der Waals surface area contributed by atoms with Crippen LogP contribution in [-0.4, -0.2) is 31.1 Å². The third-order valence-corrected chi connectivity index (χ3v) is 7.10. The molecule has 0 saturated heterocycles. The van der Waals surface area contributed by atoms with Gasteiger partial charge in [0.2, 0.25) is 5.95 Å². The molecule has 0 unspecified atom stereocenters. The molecule has 1 aliphatic carbocycles. The zero-order valence-corrected chi connectivity index (χ0v) is 19.1. The van der Waals surface area contributed by atoms with Crippen LogP contribution in [0, 0.1) is 12.8 Å². The summed E-state index contributed by atoms with van der Waals surface area (Å²) >= 11 is 1.35. The van der Waals surface area contributed by atoms with Gasteiger partial charge >= 0.3 is 12.1 Å². The summed E-state index contributed by atoms with van der Waals surface area (Å²) in [5.74, 6) is -0.934. The number of halogens is 3. The molecular formula is C23H23F3N4O3S. The summed E-state index contributed by atoms with van der Waals surface area (Å²) in [4.78, 5) is 23.6. The summed E-state index contributed by atoms with van der Waals surface area (Å²) in [6.45, 7) is 1.86. The van der Waals surface area contributed by atoms with Crippen LogP contribution in [0.2, 0.25) is 0 Å². The van der Waals surface area contributed by atoms with Crippen molar-refractivity contribution in [3.8, 4) is 10.4 Å². The Bertz CT molecular complexity index is 1190. The highest BCUT2D eigenvalue weighted by Crippen LogP contribution is 2.43. The largest absolute Gasteiger partial charge is 0.481 e.